The van der Waals surface area contributed by atoms with E-state index in [0.717, 1.165) is 6.54 Å². The average molecular weight is 291 g/mol. The van der Waals surface area contributed by atoms with E-state index in [9.17, 15) is 4.39 Å². The molecule has 0 saturated heterocycles. The fourth-order valence-electron chi connectivity index (χ4n) is 1.75. The molecular weight excluding hydrogens is 273 g/mol. The van der Waals surface area contributed by atoms with Crippen molar-refractivity contribution >= 4 is 5.82 Å². The first-order chi connectivity index (χ1) is 10.1. The molecule has 0 unspecified atom stereocenters. The van der Waals surface area contributed by atoms with E-state index >= 15 is 0 Å². The van der Waals surface area contributed by atoms with Crippen LogP contribution in [0.2, 0.25) is 0 Å². The van der Waals surface area contributed by atoms with Gasteiger partial charge in [-0.15, -0.1) is 0 Å². The second kappa shape index (κ2) is 6.99. The first-order valence-corrected chi connectivity index (χ1v) is 6.67. The number of anilines is 1. The van der Waals surface area contributed by atoms with E-state index in [0.29, 0.717) is 28.8 Å². The van der Waals surface area contributed by atoms with E-state index in [4.69, 9.17) is 9.47 Å². The highest BCUT2D eigenvalue weighted by Crippen LogP contribution is 2.23. The van der Waals surface area contributed by atoms with Gasteiger partial charge < -0.3 is 14.8 Å². The summed E-state index contributed by atoms with van der Waals surface area (Å²) in [6.45, 7) is 4.66. The van der Waals surface area contributed by atoms with Crippen LogP contribution >= 0.6 is 0 Å². The third kappa shape index (κ3) is 4.13. The molecule has 0 aliphatic rings. The van der Waals surface area contributed by atoms with E-state index < -0.39 is 0 Å². The number of halogens is 1. The van der Waals surface area contributed by atoms with Crippen LogP contribution in [0.5, 0.6) is 11.6 Å². The smallest absolute Gasteiger partial charge is 0.224 e. The molecule has 21 heavy (non-hydrogen) atoms. The molecule has 112 valence electrons. The van der Waals surface area contributed by atoms with Gasteiger partial charge in [0.25, 0.3) is 0 Å². The van der Waals surface area contributed by atoms with Crippen molar-refractivity contribution in [3.05, 3.63) is 41.5 Å². The SMILES string of the molecule is CCNc1cc(Oc2ccc(C)c(F)c2)nc(COC)n1. The van der Waals surface area contributed by atoms with Crippen molar-refractivity contribution in [3.63, 3.8) is 0 Å². The molecule has 0 fully saturated rings. The number of nitrogens with one attached hydrogen (secondary N) is 1. The average Bonchev–Trinajstić information content (AvgIpc) is 2.43. The van der Waals surface area contributed by atoms with Gasteiger partial charge in [0.2, 0.25) is 5.88 Å². The summed E-state index contributed by atoms with van der Waals surface area (Å²) in [7, 11) is 1.57. The van der Waals surface area contributed by atoms with Crippen molar-refractivity contribution in [3.8, 4) is 11.6 Å². The maximum atomic E-state index is 13.5. The predicted molar refractivity (Wildman–Crippen MR) is 78.1 cm³/mol. The van der Waals surface area contributed by atoms with Crippen LogP contribution < -0.4 is 10.1 Å². The molecule has 0 spiro atoms. The van der Waals surface area contributed by atoms with Crippen molar-refractivity contribution in [1.29, 1.82) is 0 Å². The molecule has 0 radical (unpaired) electrons. The maximum Gasteiger partial charge on any atom is 0.224 e. The summed E-state index contributed by atoms with van der Waals surface area (Å²) in [5.41, 5.74) is 0.568. The molecule has 1 heterocycles. The Kier molecular flexibility index (Phi) is 5.05. The number of hydrogen-bond acceptors (Lipinski definition) is 5. The predicted octanol–water partition coefficient (Wildman–Crippen LogP) is 3.29. The van der Waals surface area contributed by atoms with E-state index in [-0.39, 0.29) is 12.4 Å². The van der Waals surface area contributed by atoms with Gasteiger partial charge in [-0.25, -0.2) is 9.37 Å². The van der Waals surface area contributed by atoms with Crippen LogP contribution in [0.4, 0.5) is 10.2 Å². The molecular formula is C15H18FN3O2. The Morgan fingerprint density at radius 3 is 2.71 bits per heavy atom. The van der Waals surface area contributed by atoms with Gasteiger partial charge in [-0.3, -0.25) is 0 Å². The van der Waals surface area contributed by atoms with Crippen LogP contribution in [-0.2, 0) is 11.3 Å². The molecule has 0 saturated carbocycles. The summed E-state index contributed by atoms with van der Waals surface area (Å²) in [5.74, 6) is 1.56. The lowest BCUT2D eigenvalue weighted by Gasteiger charge is -2.10. The lowest BCUT2D eigenvalue weighted by molar-refractivity contribution is 0.177. The van der Waals surface area contributed by atoms with Gasteiger partial charge in [-0.05, 0) is 25.5 Å². The molecule has 5 nitrogen and oxygen atoms in total. The van der Waals surface area contributed by atoms with Crippen molar-refractivity contribution < 1.29 is 13.9 Å². The van der Waals surface area contributed by atoms with Crippen LogP contribution in [0.15, 0.2) is 24.3 Å². The third-order valence-corrected chi connectivity index (χ3v) is 2.75. The molecule has 1 N–H and O–H groups in total. The number of methoxy groups -OCH3 is 1. The zero-order valence-corrected chi connectivity index (χ0v) is 12.3. The van der Waals surface area contributed by atoms with Crippen LogP contribution in [-0.4, -0.2) is 23.6 Å². The van der Waals surface area contributed by atoms with Gasteiger partial charge in [0.15, 0.2) is 5.82 Å². The molecule has 1 aromatic heterocycles. The minimum Gasteiger partial charge on any atom is -0.439 e. The largest absolute Gasteiger partial charge is 0.439 e. The van der Waals surface area contributed by atoms with E-state index in [2.05, 4.69) is 15.3 Å². The molecule has 2 aromatic rings. The minimum atomic E-state index is -0.314. The van der Waals surface area contributed by atoms with E-state index in [1.165, 1.54) is 6.07 Å². The molecule has 0 amide bonds. The highest BCUT2D eigenvalue weighted by atomic mass is 19.1. The Morgan fingerprint density at radius 1 is 1.24 bits per heavy atom. The van der Waals surface area contributed by atoms with Gasteiger partial charge in [-0.2, -0.15) is 4.98 Å². The lowest BCUT2D eigenvalue weighted by Crippen LogP contribution is -2.05. The Hall–Kier alpha value is -2.21. The normalized spacial score (nSPS) is 10.5. The summed E-state index contributed by atoms with van der Waals surface area (Å²) in [6, 6.07) is 6.36. The van der Waals surface area contributed by atoms with Gasteiger partial charge in [0.05, 0.1) is 0 Å². The van der Waals surface area contributed by atoms with Crippen molar-refractivity contribution in [2.45, 2.75) is 20.5 Å². The van der Waals surface area contributed by atoms with Crippen molar-refractivity contribution in [2.24, 2.45) is 0 Å². The first kappa shape index (κ1) is 15.2. The second-order valence-corrected chi connectivity index (χ2v) is 4.48. The number of nitrogens with zero attached hydrogens (tertiary/aromatic N) is 2. The number of benzene rings is 1. The Balaban J connectivity index is 2.26. The standard InChI is InChI=1S/C15H18FN3O2/c1-4-17-13-8-15(19-14(18-13)9-20-3)21-11-6-5-10(2)12(16)7-11/h5-8H,4,9H2,1-3H3,(H,17,18,19). The number of aromatic nitrogens is 2. The van der Waals surface area contributed by atoms with Crippen LogP contribution in [0.3, 0.4) is 0 Å². The Bertz CT molecular complexity index is 596. The molecule has 0 bridgehead atoms. The fourth-order valence-corrected chi connectivity index (χ4v) is 1.75. The highest BCUT2D eigenvalue weighted by molar-refractivity contribution is 5.40. The summed E-state index contributed by atoms with van der Waals surface area (Å²) >= 11 is 0. The fraction of sp³-hybridized carbons (Fsp3) is 0.333. The molecule has 1 aromatic carbocycles. The molecule has 6 heteroatoms. The number of hydrogen-bond donors (Lipinski definition) is 1. The Labute approximate surface area is 123 Å². The van der Waals surface area contributed by atoms with Crippen LogP contribution in [0.1, 0.15) is 18.3 Å². The summed E-state index contributed by atoms with van der Waals surface area (Å²) in [4.78, 5) is 8.52. The Morgan fingerprint density at radius 2 is 2.05 bits per heavy atom. The zero-order chi connectivity index (χ0) is 15.2. The van der Waals surface area contributed by atoms with Crippen LogP contribution in [0, 0.1) is 12.7 Å². The highest BCUT2D eigenvalue weighted by Gasteiger charge is 2.08. The quantitative estimate of drug-likeness (QED) is 0.885. The number of ether oxygens (including phenoxy) is 2. The molecule has 0 aliphatic carbocycles. The number of rotatable bonds is 6. The van der Waals surface area contributed by atoms with E-state index in [1.807, 2.05) is 6.92 Å². The minimum absolute atomic E-state index is 0.276. The summed E-state index contributed by atoms with van der Waals surface area (Å²) < 4.78 is 24.2. The zero-order valence-electron chi connectivity index (χ0n) is 12.3. The second-order valence-electron chi connectivity index (χ2n) is 4.48. The third-order valence-electron chi connectivity index (χ3n) is 2.75. The molecule has 0 atom stereocenters. The molecule has 2 rings (SSSR count). The van der Waals surface area contributed by atoms with Crippen molar-refractivity contribution in [2.75, 3.05) is 19.0 Å². The van der Waals surface area contributed by atoms with Gasteiger partial charge >= 0.3 is 0 Å². The summed E-state index contributed by atoms with van der Waals surface area (Å²) in [6.07, 6.45) is 0. The van der Waals surface area contributed by atoms with E-state index in [1.54, 1.807) is 32.2 Å². The number of aryl methyl sites for hydroxylation is 1. The monoisotopic (exact) mass is 291 g/mol. The van der Waals surface area contributed by atoms with Crippen molar-refractivity contribution in [1.82, 2.24) is 9.97 Å². The molecule has 0 aliphatic heterocycles. The van der Waals surface area contributed by atoms with Gasteiger partial charge in [-0.1, -0.05) is 6.07 Å². The lowest BCUT2D eigenvalue weighted by atomic mass is 10.2. The van der Waals surface area contributed by atoms with Gasteiger partial charge in [0, 0.05) is 25.8 Å². The van der Waals surface area contributed by atoms with Crippen LogP contribution in [0.25, 0.3) is 0 Å². The van der Waals surface area contributed by atoms with Gasteiger partial charge in [0.1, 0.15) is 24.0 Å². The maximum absolute atomic E-state index is 13.5. The first-order valence-electron chi connectivity index (χ1n) is 6.67. The summed E-state index contributed by atoms with van der Waals surface area (Å²) in [5, 5.41) is 3.09. The topological polar surface area (TPSA) is 56.3 Å².